The molecule has 6 nitrogen and oxygen atoms in total. The number of ether oxygens (including phenoxy) is 1. The zero-order valence-electron chi connectivity index (χ0n) is 18.2. The van der Waals surface area contributed by atoms with Gasteiger partial charge in [-0.3, -0.25) is 9.69 Å². The number of carboxylic acid groups (broad SMARTS) is 1. The lowest BCUT2D eigenvalue weighted by Crippen LogP contribution is -2.28. The fraction of sp³-hybridized carbons (Fsp3) is 0.115. The minimum atomic E-state index is -1.07. The monoisotopic (exact) mass is 458 g/mol. The highest BCUT2D eigenvalue weighted by atomic mass is 32.2. The summed E-state index contributed by atoms with van der Waals surface area (Å²) in [6, 6.07) is 22.5. The number of benzene rings is 3. The second kappa shape index (κ2) is 9.75. The fourth-order valence-corrected chi connectivity index (χ4v) is 4.20. The van der Waals surface area contributed by atoms with E-state index < -0.39 is 12.6 Å². The summed E-state index contributed by atoms with van der Waals surface area (Å²) in [6.07, 6.45) is 1.71. The van der Waals surface area contributed by atoms with Crippen molar-refractivity contribution < 1.29 is 19.4 Å². The number of hydrogen-bond donors (Lipinski definition) is 1. The molecule has 0 aromatic heterocycles. The third-order valence-electron chi connectivity index (χ3n) is 4.91. The van der Waals surface area contributed by atoms with Gasteiger partial charge in [0.05, 0.1) is 16.3 Å². The molecular weight excluding hydrogens is 436 g/mol. The second-order valence-electron chi connectivity index (χ2n) is 7.54. The first-order valence-corrected chi connectivity index (χ1v) is 11.1. The van der Waals surface area contributed by atoms with E-state index in [-0.39, 0.29) is 5.91 Å². The van der Waals surface area contributed by atoms with Crippen LogP contribution >= 0.6 is 11.8 Å². The number of rotatable bonds is 6. The molecule has 1 aliphatic rings. The van der Waals surface area contributed by atoms with Crippen LogP contribution in [0.5, 0.6) is 5.75 Å². The third kappa shape index (κ3) is 5.32. The van der Waals surface area contributed by atoms with Crippen molar-refractivity contribution in [2.45, 2.75) is 13.8 Å². The molecule has 33 heavy (non-hydrogen) atoms. The first-order valence-electron chi connectivity index (χ1n) is 10.3. The van der Waals surface area contributed by atoms with Crippen LogP contribution in [0.15, 0.2) is 82.7 Å². The van der Waals surface area contributed by atoms with Crippen molar-refractivity contribution in [3.8, 4) is 5.75 Å². The lowest BCUT2D eigenvalue weighted by molar-refractivity contribution is -0.139. The van der Waals surface area contributed by atoms with Gasteiger partial charge in [0.25, 0.3) is 5.91 Å². The maximum absolute atomic E-state index is 13.4. The van der Waals surface area contributed by atoms with Crippen LogP contribution in [0, 0.1) is 13.8 Å². The van der Waals surface area contributed by atoms with Gasteiger partial charge in [-0.25, -0.2) is 9.79 Å². The number of carboxylic acids is 1. The van der Waals surface area contributed by atoms with Crippen molar-refractivity contribution in [2.75, 3.05) is 11.5 Å². The Labute approximate surface area is 196 Å². The Kier molecular flexibility index (Phi) is 6.60. The van der Waals surface area contributed by atoms with Crippen LogP contribution < -0.4 is 9.64 Å². The molecule has 1 fully saturated rings. The van der Waals surface area contributed by atoms with Crippen molar-refractivity contribution in [1.82, 2.24) is 0 Å². The number of amidine groups is 1. The van der Waals surface area contributed by atoms with Gasteiger partial charge in [0.15, 0.2) is 11.8 Å². The number of hydrogen-bond acceptors (Lipinski definition) is 5. The van der Waals surface area contributed by atoms with Crippen LogP contribution in [0.25, 0.3) is 6.08 Å². The standard InChI is InChI=1S/C26H22N2O4S/c1-17-7-11-20(12-8-17)27-26-28(21-13-9-18(2)10-14-21)25(31)23(33-26)15-19-5-3-4-6-22(19)32-16-24(29)30/h3-15H,16H2,1-2H3,(H,29,30)/b23-15-,27-26?. The number of anilines is 1. The minimum absolute atomic E-state index is 0.206. The minimum Gasteiger partial charge on any atom is -0.481 e. The number of carbonyl (C=O) groups is 2. The van der Waals surface area contributed by atoms with E-state index in [1.165, 1.54) is 11.8 Å². The van der Waals surface area contributed by atoms with Crippen molar-refractivity contribution in [2.24, 2.45) is 4.99 Å². The molecule has 0 aliphatic carbocycles. The molecule has 0 radical (unpaired) electrons. The van der Waals surface area contributed by atoms with E-state index in [0.29, 0.717) is 21.4 Å². The SMILES string of the molecule is Cc1ccc(N=C2S/C(=C\c3ccccc3OCC(=O)O)C(=O)N2c2ccc(C)cc2)cc1. The number of amides is 1. The first-order chi connectivity index (χ1) is 15.9. The van der Waals surface area contributed by atoms with Gasteiger partial charge in [-0.05, 0) is 62.0 Å². The fourth-order valence-electron chi connectivity index (χ4n) is 3.21. The summed E-state index contributed by atoms with van der Waals surface area (Å²) >= 11 is 1.27. The number of aliphatic carboxylic acids is 1. The number of aryl methyl sites for hydroxylation is 2. The molecule has 166 valence electrons. The molecule has 0 bridgehead atoms. The van der Waals surface area contributed by atoms with E-state index in [2.05, 4.69) is 0 Å². The smallest absolute Gasteiger partial charge is 0.341 e. The lowest BCUT2D eigenvalue weighted by Gasteiger charge is -2.16. The Balaban J connectivity index is 1.74. The van der Waals surface area contributed by atoms with E-state index in [9.17, 15) is 9.59 Å². The summed E-state index contributed by atoms with van der Waals surface area (Å²) in [5, 5.41) is 9.49. The molecule has 3 aromatic carbocycles. The maximum atomic E-state index is 13.4. The number of thioether (sulfide) groups is 1. The highest BCUT2D eigenvalue weighted by molar-refractivity contribution is 8.19. The zero-order chi connectivity index (χ0) is 23.4. The average Bonchev–Trinajstić information content (AvgIpc) is 3.10. The van der Waals surface area contributed by atoms with Crippen LogP contribution in [0.2, 0.25) is 0 Å². The summed E-state index contributed by atoms with van der Waals surface area (Å²) in [5.41, 5.74) is 4.32. The number of carbonyl (C=O) groups excluding carboxylic acids is 1. The number of nitrogens with zero attached hydrogens (tertiary/aromatic N) is 2. The molecule has 0 unspecified atom stereocenters. The molecule has 0 spiro atoms. The largest absolute Gasteiger partial charge is 0.481 e. The van der Waals surface area contributed by atoms with E-state index in [1.807, 2.05) is 68.4 Å². The van der Waals surface area contributed by atoms with Gasteiger partial charge in [-0.2, -0.15) is 0 Å². The normalized spacial score (nSPS) is 15.9. The topological polar surface area (TPSA) is 79.2 Å². The highest BCUT2D eigenvalue weighted by Crippen LogP contribution is 2.38. The van der Waals surface area contributed by atoms with Crippen molar-refractivity contribution in [3.05, 3.63) is 94.4 Å². The van der Waals surface area contributed by atoms with Gasteiger partial charge < -0.3 is 9.84 Å². The summed E-state index contributed by atoms with van der Waals surface area (Å²) in [5.74, 6) is -0.879. The molecule has 1 saturated heterocycles. The first kappa shape index (κ1) is 22.4. The molecule has 0 saturated carbocycles. The summed E-state index contributed by atoms with van der Waals surface area (Å²) in [6.45, 7) is 3.54. The Morgan fingerprint density at radius 3 is 2.30 bits per heavy atom. The Morgan fingerprint density at radius 2 is 1.64 bits per heavy atom. The molecule has 4 rings (SSSR count). The summed E-state index contributed by atoms with van der Waals surface area (Å²) < 4.78 is 5.39. The molecular formula is C26H22N2O4S. The predicted molar refractivity (Wildman–Crippen MR) is 132 cm³/mol. The van der Waals surface area contributed by atoms with Crippen LogP contribution in [-0.4, -0.2) is 28.8 Å². The van der Waals surface area contributed by atoms with E-state index >= 15 is 0 Å². The second-order valence-corrected chi connectivity index (χ2v) is 8.55. The maximum Gasteiger partial charge on any atom is 0.341 e. The Bertz CT molecular complexity index is 1250. The Hall–Kier alpha value is -3.84. The van der Waals surface area contributed by atoms with Gasteiger partial charge in [0.1, 0.15) is 5.75 Å². The van der Waals surface area contributed by atoms with E-state index in [4.69, 9.17) is 14.8 Å². The van der Waals surface area contributed by atoms with Crippen LogP contribution in [-0.2, 0) is 9.59 Å². The van der Waals surface area contributed by atoms with Crippen molar-refractivity contribution >= 4 is 46.3 Å². The van der Waals surface area contributed by atoms with Gasteiger partial charge >= 0.3 is 5.97 Å². The highest BCUT2D eigenvalue weighted by Gasteiger charge is 2.35. The van der Waals surface area contributed by atoms with Gasteiger partial charge in [-0.15, -0.1) is 0 Å². The summed E-state index contributed by atoms with van der Waals surface area (Å²) in [4.78, 5) is 31.2. The molecule has 1 heterocycles. The molecule has 3 aromatic rings. The van der Waals surface area contributed by atoms with Crippen molar-refractivity contribution in [1.29, 1.82) is 0 Å². The van der Waals surface area contributed by atoms with Crippen LogP contribution in [0.1, 0.15) is 16.7 Å². The number of aliphatic imine (C=N–C) groups is 1. The average molecular weight is 459 g/mol. The molecule has 1 aliphatic heterocycles. The van der Waals surface area contributed by atoms with Crippen LogP contribution in [0.3, 0.4) is 0 Å². The third-order valence-corrected chi connectivity index (χ3v) is 5.88. The van der Waals surface area contributed by atoms with Crippen LogP contribution in [0.4, 0.5) is 11.4 Å². The van der Waals surface area contributed by atoms with Gasteiger partial charge in [0, 0.05) is 5.56 Å². The molecule has 1 amide bonds. The van der Waals surface area contributed by atoms with E-state index in [1.54, 1.807) is 29.2 Å². The van der Waals surface area contributed by atoms with Gasteiger partial charge in [0.2, 0.25) is 0 Å². The quantitative estimate of drug-likeness (QED) is 0.488. The molecule has 1 N–H and O–H groups in total. The summed E-state index contributed by atoms with van der Waals surface area (Å²) in [7, 11) is 0. The number of para-hydroxylation sites is 1. The Morgan fingerprint density at radius 1 is 1.00 bits per heavy atom. The van der Waals surface area contributed by atoms with Gasteiger partial charge in [-0.1, -0.05) is 53.6 Å². The van der Waals surface area contributed by atoms with E-state index in [0.717, 1.165) is 22.5 Å². The zero-order valence-corrected chi connectivity index (χ0v) is 19.0. The lowest BCUT2D eigenvalue weighted by atomic mass is 10.1. The van der Waals surface area contributed by atoms with Crippen molar-refractivity contribution in [3.63, 3.8) is 0 Å². The molecule has 7 heteroatoms. The molecule has 0 atom stereocenters. The predicted octanol–water partition coefficient (Wildman–Crippen LogP) is 5.58.